The summed E-state index contributed by atoms with van der Waals surface area (Å²) in [5, 5.41) is 13.7. The number of carbonyl (C=O) groups excluding carboxylic acids is 1. The van der Waals surface area contributed by atoms with E-state index in [2.05, 4.69) is 112 Å². The fourth-order valence-corrected chi connectivity index (χ4v) is 8.57. The maximum Gasteiger partial charge on any atom is 0.162 e. The second kappa shape index (κ2) is 16.3. The van der Waals surface area contributed by atoms with Crippen molar-refractivity contribution in [2.75, 3.05) is 0 Å². The molecule has 251 valence electrons. The molecule has 1 radical (unpaired) electrons. The second-order valence-corrected chi connectivity index (χ2v) is 18.5. The van der Waals surface area contributed by atoms with Crippen molar-refractivity contribution in [1.82, 2.24) is 4.98 Å². The van der Waals surface area contributed by atoms with Crippen LogP contribution in [0.5, 0.6) is 0 Å². The van der Waals surface area contributed by atoms with Crippen molar-refractivity contribution in [3.63, 3.8) is 0 Å². The average Bonchev–Trinajstić information content (AvgIpc) is 3.35. The number of carbonyl (C=O) groups is 1. The van der Waals surface area contributed by atoms with Crippen molar-refractivity contribution in [2.24, 2.45) is 11.8 Å². The van der Waals surface area contributed by atoms with E-state index in [1.54, 1.807) is 0 Å². The third-order valence-corrected chi connectivity index (χ3v) is 12.3. The Morgan fingerprint density at radius 3 is 2.17 bits per heavy atom. The van der Waals surface area contributed by atoms with Crippen molar-refractivity contribution in [1.29, 1.82) is 0 Å². The Morgan fingerprint density at radius 2 is 1.53 bits per heavy atom. The molecule has 4 aromatic rings. The summed E-state index contributed by atoms with van der Waals surface area (Å²) >= 11 is 0. The number of hydrogen-bond acceptors (Lipinski definition) is 3. The molecule has 47 heavy (non-hydrogen) atoms. The zero-order valence-corrected chi connectivity index (χ0v) is 33.1. The number of benzene rings is 3. The first kappa shape index (κ1) is 38.3. The van der Waals surface area contributed by atoms with Crippen LogP contribution in [0.2, 0.25) is 13.1 Å². The van der Waals surface area contributed by atoms with Crippen LogP contribution >= 0.6 is 0 Å². The zero-order valence-electron chi connectivity index (χ0n) is 29.7. The molecule has 0 spiro atoms. The Kier molecular flexibility index (Phi) is 13.3. The summed E-state index contributed by atoms with van der Waals surface area (Å²) in [6.45, 7) is 19.7. The fraction of sp³-hybridized carbons (Fsp3) is 0.381. The summed E-state index contributed by atoms with van der Waals surface area (Å²) in [5.74, 6) is 0.547. The molecule has 3 aromatic carbocycles. The predicted molar refractivity (Wildman–Crippen MR) is 200 cm³/mol. The smallest absolute Gasteiger partial charge is 0.162 e. The molecule has 0 amide bonds. The number of allylic oxidation sites excluding steroid dienone is 2. The minimum atomic E-state index is -1.40. The van der Waals surface area contributed by atoms with Crippen LogP contribution in [-0.4, -0.2) is 23.9 Å². The van der Waals surface area contributed by atoms with Gasteiger partial charge in [0.05, 0.1) is 5.76 Å². The molecule has 0 fully saturated rings. The van der Waals surface area contributed by atoms with Gasteiger partial charge in [-0.25, -0.2) is 0 Å². The van der Waals surface area contributed by atoms with Gasteiger partial charge in [0.25, 0.3) is 0 Å². The summed E-state index contributed by atoms with van der Waals surface area (Å²) in [5.41, 5.74) is 9.65. The predicted octanol–water partition coefficient (Wildman–Crippen LogP) is 11.0. The topological polar surface area (TPSA) is 50.2 Å². The quantitative estimate of drug-likeness (QED) is 0.0792. The molecule has 5 heteroatoms. The van der Waals surface area contributed by atoms with E-state index < -0.39 is 8.07 Å². The molecule has 2 heterocycles. The molecule has 0 saturated heterocycles. The number of rotatable bonds is 9. The summed E-state index contributed by atoms with van der Waals surface area (Å²) in [7, 11) is -1.40. The van der Waals surface area contributed by atoms with E-state index in [-0.39, 0.29) is 48.9 Å². The molecule has 1 N–H and O–H groups in total. The third-order valence-electron chi connectivity index (χ3n) is 9.46. The number of ketones is 1. The maximum absolute atomic E-state index is 11.7. The van der Waals surface area contributed by atoms with E-state index >= 15 is 0 Å². The monoisotopic (exact) mass is 823 g/mol. The number of hydrogen-bond donors (Lipinski definition) is 1. The van der Waals surface area contributed by atoms with Crippen LogP contribution in [-0.2, 0) is 30.3 Å². The van der Waals surface area contributed by atoms with Crippen molar-refractivity contribution in [3.8, 4) is 22.4 Å². The van der Waals surface area contributed by atoms with Crippen LogP contribution in [0, 0.1) is 17.9 Å². The normalized spacial score (nSPS) is 13.7. The van der Waals surface area contributed by atoms with Crippen LogP contribution in [0.15, 0.2) is 84.4 Å². The number of aliphatic hydroxyl groups is 1. The van der Waals surface area contributed by atoms with Gasteiger partial charge in [-0.15, -0.1) is 29.1 Å². The van der Waals surface area contributed by atoms with E-state index in [1.807, 2.05) is 33.9 Å². The molecule has 1 aromatic heterocycles. The van der Waals surface area contributed by atoms with Gasteiger partial charge in [0.2, 0.25) is 0 Å². The molecule has 0 unspecified atom stereocenters. The molecular formula is C42H52IrNO2Si-. The number of aliphatic hydroxyl groups excluding tert-OH is 1. The first-order chi connectivity index (χ1) is 21.8. The van der Waals surface area contributed by atoms with Crippen LogP contribution < -0.4 is 5.19 Å². The molecule has 1 aliphatic rings. The van der Waals surface area contributed by atoms with Gasteiger partial charge in [-0.05, 0) is 65.1 Å². The van der Waals surface area contributed by atoms with E-state index in [0.29, 0.717) is 0 Å². The standard InChI is InChI=1S/C29H28NSi.C13H24O2.Ir/c1-29(2,3)26-18-24(17-22-8-6-7-9-25(22)26)27-19-21(12-14-30-27)20-10-11-28-23(16-20)13-15-31(28,4)5;1-5-10(6-2)12(14)9-13(15)11(7-3)8-4;/h6-16,18-19H,1-5H3;9-11,14H,5-8H2,1-4H3;/q-1;;/b;12-9-;. The Morgan fingerprint density at radius 1 is 0.894 bits per heavy atom. The number of pyridine rings is 1. The van der Waals surface area contributed by atoms with E-state index in [1.165, 1.54) is 38.9 Å². The summed E-state index contributed by atoms with van der Waals surface area (Å²) in [4.78, 5) is 16.4. The summed E-state index contributed by atoms with van der Waals surface area (Å²) < 4.78 is 0. The Hall–Kier alpha value is -3.11. The van der Waals surface area contributed by atoms with Gasteiger partial charge in [0.15, 0.2) is 5.78 Å². The third kappa shape index (κ3) is 9.07. The molecular weight excluding hydrogens is 771 g/mol. The number of fused-ring (bicyclic) bond motifs is 2. The van der Waals surface area contributed by atoms with Crippen molar-refractivity contribution < 1.29 is 30.0 Å². The molecule has 1 aliphatic heterocycles. The van der Waals surface area contributed by atoms with E-state index in [4.69, 9.17) is 4.98 Å². The van der Waals surface area contributed by atoms with Crippen LogP contribution in [0.25, 0.3) is 39.2 Å². The minimum Gasteiger partial charge on any atom is -0.512 e. The molecule has 0 atom stereocenters. The maximum atomic E-state index is 11.7. The second-order valence-electron chi connectivity index (χ2n) is 14.2. The Balaban J connectivity index is 0.000000322. The van der Waals surface area contributed by atoms with Gasteiger partial charge in [-0.2, -0.15) is 0 Å². The molecule has 0 bridgehead atoms. The van der Waals surface area contributed by atoms with Gasteiger partial charge >= 0.3 is 0 Å². The molecule has 3 nitrogen and oxygen atoms in total. The first-order valence-corrected chi connectivity index (χ1v) is 20.1. The van der Waals surface area contributed by atoms with Crippen molar-refractivity contribution in [2.45, 2.75) is 92.7 Å². The van der Waals surface area contributed by atoms with Crippen molar-refractivity contribution in [3.05, 3.63) is 102 Å². The average molecular weight is 823 g/mol. The molecule has 0 saturated carbocycles. The van der Waals surface area contributed by atoms with Gasteiger partial charge in [-0.3, -0.25) is 9.78 Å². The van der Waals surface area contributed by atoms with Gasteiger partial charge < -0.3 is 5.11 Å². The fourth-order valence-electron chi connectivity index (χ4n) is 6.38. The van der Waals surface area contributed by atoms with Crippen molar-refractivity contribution >= 4 is 35.9 Å². The summed E-state index contributed by atoms with van der Waals surface area (Å²) in [6.07, 6.45) is 9.13. The first-order valence-electron chi connectivity index (χ1n) is 17.0. The molecule has 5 rings (SSSR count). The van der Waals surface area contributed by atoms with Gasteiger partial charge in [-0.1, -0.05) is 121 Å². The van der Waals surface area contributed by atoms with Gasteiger partial charge in [0.1, 0.15) is 8.07 Å². The van der Waals surface area contributed by atoms with Crippen LogP contribution in [0.4, 0.5) is 0 Å². The summed E-state index contributed by atoms with van der Waals surface area (Å²) in [6, 6.07) is 25.7. The minimum absolute atomic E-state index is 0. The SMILES string of the molecule is CC(C)(C)c1cc(-c2cc(-c3ccc4c(c3)C=C[Si]4(C)C)ccn2)[c-]c2ccccc12.CCC(CC)C(=O)/C=C(\O)C(CC)CC.[Ir]. The van der Waals surface area contributed by atoms with E-state index in [9.17, 15) is 9.90 Å². The number of aromatic nitrogens is 1. The largest absolute Gasteiger partial charge is 0.512 e. The molecule has 0 aliphatic carbocycles. The zero-order chi connectivity index (χ0) is 33.6. The van der Waals surface area contributed by atoms with Crippen LogP contribution in [0.1, 0.15) is 85.3 Å². The Labute approximate surface area is 298 Å². The number of nitrogens with zero attached hydrogens (tertiary/aromatic N) is 1. The van der Waals surface area contributed by atoms with Gasteiger partial charge in [0, 0.05) is 49.9 Å². The van der Waals surface area contributed by atoms with Crippen LogP contribution in [0.3, 0.4) is 0 Å². The Bertz CT molecular complexity index is 1740. The van der Waals surface area contributed by atoms with E-state index in [0.717, 1.165) is 42.3 Å².